The third-order valence-electron chi connectivity index (χ3n) is 2.92. The molecule has 102 valence electrons. The summed E-state index contributed by atoms with van der Waals surface area (Å²) < 4.78 is 21.8. The quantitative estimate of drug-likeness (QED) is 0.876. The van der Waals surface area contributed by atoms with E-state index >= 15 is 0 Å². The first kappa shape index (κ1) is 12.3. The van der Waals surface area contributed by atoms with Gasteiger partial charge < -0.3 is 24.3 Å². The number of nitrogens with one attached hydrogen (secondary N) is 1. The summed E-state index contributed by atoms with van der Waals surface area (Å²) in [5, 5.41) is 2.76. The summed E-state index contributed by atoms with van der Waals surface area (Å²) >= 11 is 0. The van der Waals surface area contributed by atoms with Gasteiger partial charge in [-0.25, -0.2) is 0 Å². The zero-order valence-electron chi connectivity index (χ0n) is 10.4. The van der Waals surface area contributed by atoms with Gasteiger partial charge in [0.05, 0.1) is 19.8 Å². The van der Waals surface area contributed by atoms with Crippen LogP contribution in [0.15, 0.2) is 18.2 Å². The molecular weight excluding hydrogens is 250 g/mol. The Hall–Kier alpha value is -1.79. The minimum absolute atomic E-state index is 0.0377. The molecule has 2 aliphatic heterocycles. The molecule has 6 nitrogen and oxygen atoms in total. The van der Waals surface area contributed by atoms with Crippen LogP contribution in [0.25, 0.3) is 0 Å². The maximum Gasteiger partial charge on any atom is 0.262 e. The van der Waals surface area contributed by atoms with Gasteiger partial charge in [-0.15, -0.1) is 0 Å². The van der Waals surface area contributed by atoms with Crippen molar-refractivity contribution in [2.45, 2.75) is 6.10 Å². The topological polar surface area (TPSA) is 66.0 Å². The highest BCUT2D eigenvalue weighted by molar-refractivity contribution is 5.97. The molecule has 1 aromatic rings. The average molecular weight is 265 g/mol. The fourth-order valence-corrected chi connectivity index (χ4v) is 2.01. The average Bonchev–Trinajstić information content (AvgIpc) is 2.46. The molecule has 1 N–H and O–H groups in total. The largest absolute Gasteiger partial charge is 0.488 e. The first-order valence-electron chi connectivity index (χ1n) is 6.21. The number of fused-ring (bicyclic) bond motifs is 1. The van der Waals surface area contributed by atoms with E-state index in [1.54, 1.807) is 12.1 Å². The lowest BCUT2D eigenvalue weighted by atomic mass is 10.2. The summed E-state index contributed by atoms with van der Waals surface area (Å²) in [5.74, 6) is 1.03. The highest BCUT2D eigenvalue weighted by atomic mass is 16.6. The Morgan fingerprint density at radius 2 is 2.32 bits per heavy atom. The van der Waals surface area contributed by atoms with Gasteiger partial charge in [0.1, 0.15) is 29.9 Å². The van der Waals surface area contributed by atoms with Gasteiger partial charge in [0.25, 0.3) is 5.91 Å². The van der Waals surface area contributed by atoms with Crippen LogP contribution in [0.3, 0.4) is 0 Å². The van der Waals surface area contributed by atoms with E-state index < -0.39 is 0 Å². The van der Waals surface area contributed by atoms with E-state index in [-0.39, 0.29) is 18.6 Å². The zero-order valence-corrected chi connectivity index (χ0v) is 10.4. The molecule has 0 spiro atoms. The number of carbonyl (C=O) groups is 1. The third kappa shape index (κ3) is 2.80. The molecule has 0 aliphatic carbocycles. The van der Waals surface area contributed by atoms with Crippen LogP contribution in [0.4, 0.5) is 5.69 Å². The maximum absolute atomic E-state index is 11.3. The molecule has 1 atom stereocenters. The van der Waals surface area contributed by atoms with E-state index in [4.69, 9.17) is 18.9 Å². The van der Waals surface area contributed by atoms with Crippen molar-refractivity contribution in [1.82, 2.24) is 0 Å². The lowest BCUT2D eigenvalue weighted by Crippen LogP contribution is -2.33. The molecule has 6 heteroatoms. The van der Waals surface area contributed by atoms with E-state index in [1.807, 2.05) is 6.07 Å². The molecule has 1 amide bonds. The van der Waals surface area contributed by atoms with Crippen LogP contribution in [0.1, 0.15) is 0 Å². The number of carbonyl (C=O) groups excluding carboxylic acids is 1. The molecule has 1 saturated heterocycles. The minimum atomic E-state index is -0.180. The number of amides is 1. The van der Waals surface area contributed by atoms with Crippen LogP contribution in [0, 0.1) is 0 Å². The van der Waals surface area contributed by atoms with Gasteiger partial charge in [0.2, 0.25) is 0 Å². The molecule has 0 radical (unpaired) electrons. The standard InChI is InChI=1S/C13H15NO5/c15-12-8-19-11-3-1-2-10(13(11)14-12)18-7-9-6-16-4-5-17-9/h1-3,9H,4-8H2,(H,14,15). The summed E-state index contributed by atoms with van der Waals surface area (Å²) in [6, 6.07) is 5.41. The van der Waals surface area contributed by atoms with Crippen LogP contribution in [0.5, 0.6) is 11.5 Å². The van der Waals surface area contributed by atoms with Crippen LogP contribution in [-0.2, 0) is 14.3 Å². The summed E-state index contributed by atoms with van der Waals surface area (Å²) in [4.78, 5) is 11.3. The van der Waals surface area contributed by atoms with Crippen molar-refractivity contribution in [3.63, 3.8) is 0 Å². The Balaban J connectivity index is 1.68. The Morgan fingerprint density at radius 3 is 3.16 bits per heavy atom. The summed E-state index contributed by atoms with van der Waals surface area (Å²) in [6.45, 7) is 2.15. The molecule has 19 heavy (non-hydrogen) atoms. The molecular formula is C13H15NO5. The highest BCUT2D eigenvalue weighted by Gasteiger charge is 2.21. The van der Waals surface area contributed by atoms with Crippen LogP contribution < -0.4 is 14.8 Å². The molecule has 3 rings (SSSR count). The van der Waals surface area contributed by atoms with Crippen LogP contribution >= 0.6 is 0 Å². The molecule has 2 aliphatic rings. The van der Waals surface area contributed by atoms with Crippen molar-refractivity contribution in [1.29, 1.82) is 0 Å². The van der Waals surface area contributed by atoms with Crippen molar-refractivity contribution in [3.05, 3.63) is 18.2 Å². The maximum atomic E-state index is 11.3. The number of hydrogen-bond donors (Lipinski definition) is 1. The molecule has 1 aromatic carbocycles. The van der Waals surface area contributed by atoms with Crippen molar-refractivity contribution < 1.29 is 23.7 Å². The lowest BCUT2D eigenvalue weighted by molar-refractivity contribution is -0.118. The Labute approximate surface area is 110 Å². The van der Waals surface area contributed by atoms with Gasteiger partial charge in [-0.2, -0.15) is 0 Å². The van der Waals surface area contributed by atoms with Gasteiger partial charge in [0.15, 0.2) is 6.61 Å². The molecule has 0 aromatic heterocycles. The van der Waals surface area contributed by atoms with E-state index in [9.17, 15) is 4.79 Å². The lowest BCUT2D eigenvalue weighted by Gasteiger charge is -2.25. The molecule has 0 saturated carbocycles. The summed E-state index contributed by atoms with van der Waals surface area (Å²) in [6.07, 6.45) is -0.0789. The van der Waals surface area contributed by atoms with E-state index in [0.29, 0.717) is 43.6 Å². The van der Waals surface area contributed by atoms with E-state index in [2.05, 4.69) is 5.32 Å². The fraction of sp³-hybridized carbons (Fsp3) is 0.462. The summed E-state index contributed by atoms with van der Waals surface area (Å²) in [7, 11) is 0. The van der Waals surface area contributed by atoms with Crippen LogP contribution in [-0.4, -0.2) is 45.0 Å². The Kier molecular flexibility index (Phi) is 3.52. The van der Waals surface area contributed by atoms with Gasteiger partial charge in [0, 0.05) is 0 Å². The fourth-order valence-electron chi connectivity index (χ4n) is 2.01. The monoisotopic (exact) mass is 265 g/mol. The molecule has 1 unspecified atom stereocenters. The first-order chi connectivity index (χ1) is 9.33. The normalized spacial score (nSPS) is 22.1. The van der Waals surface area contributed by atoms with E-state index in [0.717, 1.165) is 0 Å². The molecule has 1 fully saturated rings. The second-order valence-corrected chi connectivity index (χ2v) is 4.34. The minimum Gasteiger partial charge on any atom is -0.488 e. The number of hydrogen-bond acceptors (Lipinski definition) is 5. The van der Waals surface area contributed by atoms with Crippen molar-refractivity contribution in [2.24, 2.45) is 0 Å². The van der Waals surface area contributed by atoms with Crippen molar-refractivity contribution >= 4 is 11.6 Å². The smallest absolute Gasteiger partial charge is 0.262 e. The number of benzene rings is 1. The SMILES string of the molecule is O=C1COc2cccc(OCC3COCCO3)c2N1. The second-order valence-electron chi connectivity index (χ2n) is 4.34. The van der Waals surface area contributed by atoms with Crippen LogP contribution in [0.2, 0.25) is 0 Å². The predicted octanol–water partition coefficient (Wildman–Crippen LogP) is 0.812. The number of anilines is 1. The number of para-hydroxylation sites is 1. The van der Waals surface area contributed by atoms with Crippen molar-refractivity contribution in [2.75, 3.05) is 38.4 Å². The Bertz CT molecular complexity index is 470. The number of ether oxygens (including phenoxy) is 4. The van der Waals surface area contributed by atoms with E-state index in [1.165, 1.54) is 0 Å². The second kappa shape index (κ2) is 5.46. The Morgan fingerprint density at radius 1 is 1.37 bits per heavy atom. The predicted molar refractivity (Wildman–Crippen MR) is 66.6 cm³/mol. The zero-order chi connectivity index (χ0) is 13.1. The molecule has 0 bridgehead atoms. The van der Waals surface area contributed by atoms with Crippen molar-refractivity contribution in [3.8, 4) is 11.5 Å². The van der Waals surface area contributed by atoms with Gasteiger partial charge in [-0.1, -0.05) is 6.07 Å². The van der Waals surface area contributed by atoms with Gasteiger partial charge in [-0.05, 0) is 12.1 Å². The third-order valence-corrected chi connectivity index (χ3v) is 2.92. The highest BCUT2D eigenvalue weighted by Crippen LogP contribution is 2.36. The summed E-state index contributed by atoms with van der Waals surface area (Å²) in [5.41, 5.74) is 0.579. The van der Waals surface area contributed by atoms with Gasteiger partial charge in [-0.3, -0.25) is 4.79 Å². The number of rotatable bonds is 3. The van der Waals surface area contributed by atoms with Gasteiger partial charge >= 0.3 is 0 Å². The molecule has 2 heterocycles. The first-order valence-corrected chi connectivity index (χ1v) is 6.21.